The summed E-state index contributed by atoms with van der Waals surface area (Å²) in [7, 11) is 4.09. The third-order valence-electron chi connectivity index (χ3n) is 3.48. The molecule has 1 heterocycles. The molecular formula is C12H21NOS. The second-order valence-electron chi connectivity index (χ2n) is 4.16. The molecule has 0 aliphatic heterocycles. The van der Waals surface area contributed by atoms with Crippen molar-refractivity contribution in [2.45, 2.75) is 38.3 Å². The van der Waals surface area contributed by atoms with Crippen molar-refractivity contribution in [2.24, 2.45) is 0 Å². The van der Waals surface area contributed by atoms with Gasteiger partial charge < -0.3 is 10.0 Å². The first-order valence-electron chi connectivity index (χ1n) is 5.46. The molecule has 0 saturated heterocycles. The lowest BCUT2D eigenvalue weighted by molar-refractivity contribution is -0.0147. The summed E-state index contributed by atoms with van der Waals surface area (Å²) in [6.07, 6.45) is 1.51. The number of hydrogen-bond acceptors (Lipinski definition) is 3. The van der Waals surface area contributed by atoms with E-state index in [1.807, 2.05) is 30.9 Å². The van der Waals surface area contributed by atoms with Gasteiger partial charge in [-0.1, -0.05) is 13.8 Å². The Morgan fingerprint density at radius 2 is 2.00 bits per heavy atom. The molecule has 0 radical (unpaired) electrons. The van der Waals surface area contributed by atoms with Crippen molar-refractivity contribution in [2.75, 3.05) is 14.1 Å². The summed E-state index contributed by atoms with van der Waals surface area (Å²) in [5.74, 6) is 0. The lowest BCUT2D eigenvalue weighted by atomic mass is 9.82. The highest BCUT2D eigenvalue weighted by Gasteiger charge is 2.37. The van der Waals surface area contributed by atoms with Crippen LogP contribution in [-0.2, 0) is 0 Å². The highest BCUT2D eigenvalue weighted by atomic mass is 32.1. The first-order chi connectivity index (χ1) is 7.08. The minimum Gasteiger partial charge on any atom is -0.386 e. The van der Waals surface area contributed by atoms with Crippen LogP contribution in [0, 0.1) is 0 Å². The molecule has 0 saturated carbocycles. The third kappa shape index (κ3) is 2.25. The molecule has 0 aliphatic carbocycles. The Bertz CT molecular complexity index is 278. The van der Waals surface area contributed by atoms with Crippen LogP contribution in [0.5, 0.6) is 0 Å². The van der Waals surface area contributed by atoms with E-state index in [9.17, 15) is 5.11 Å². The monoisotopic (exact) mass is 227 g/mol. The molecule has 86 valence electrons. The van der Waals surface area contributed by atoms with Crippen molar-refractivity contribution in [1.29, 1.82) is 0 Å². The van der Waals surface area contributed by atoms with Gasteiger partial charge in [0, 0.05) is 5.54 Å². The Labute approximate surface area is 96.5 Å². The molecule has 3 heteroatoms. The Balaban J connectivity index is 2.99. The van der Waals surface area contributed by atoms with Crippen molar-refractivity contribution >= 4 is 11.3 Å². The Kier molecular flexibility index (Phi) is 4.32. The maximum atomic E-state index is 10.5. The summed E-state index contributed by atoms with van der Waals surface area (Å²) in [6, 6.07) is 2.01. The fourth-order valence-electron chi connectivity index (χ4n) is 2.25. The minimum absolute atomic E-state index is 0.138. The molecule has 1 aromatic rings. The Morgan fingerprint density at radius 3 is 2.33 bits per heavy atom. The van der Waals surface area contributed by atoms with E-state index < -0.39 is 6.10 Å². The van der Waals surface area contributed by atoms with E-state index in [0.717, 1.165) is 18.4 Å². The predicted molar refractivity (Wildman–Crippen MR) is 66.3 cm³/mol. The lowest BCUT2D eigenvalue weighted by Gasteiger charge is -2.42. The van der Waals surface area contributed by atoms with Crippen LogP contribution in [0.1, 0.15) is 38.4 Å². The number of hydrogen-bond donors (Lipinski definition) is 1. The smallest absolute Gasteiger partial charge is 0.0981 e. The highest BCUT2D eigenvalue weighted by molar-refractivity contribution is 7.07. The molecule has 1 N–H and O–H groups in total. The zero-order valence-electron chi connectivity index (χ0n) is 10.0. The van der Waals surface area contributed by atoms with Gasteiger partial charge in [-0.05, 0) is 49.3 Å². The van der Waals surface area contributed by atoms with E-state index in [4.69, 9.17) is 0 Å². The molecule has 1 aromatic heterocycles. The number of aliphatic hydroxyl groups is 1. The molecular weight excluding hydrogens is 206 g/mol. The number of likely N-dealkylation sites (N-methyl/N-ethyl adjacent to an activating group) is 1. The number of rotatable bonds is 5. The van der Waals surface area contributed by atoms with Crippen molar-refractivity contribution in [1.82, 2.24) is 4.90 Å². The van der Waals surface area contributed by atoms with Gasteiger partial charge in [0.15, 0.2) is 0 Å². The molecule has 2 nitrogen and oxygen atoms in total. The first kappa shape index (κ1) is 12.7. The van der Waals surface area contributed by atoms with Crippen molar-refractivity contribution < 1.29 is 5.11 Å². The number of thiophene rings is 1. The van der Waals surface area contributed by atoms with Crippen LogP contribution in [-0.4, -0.2) is 29.6 Å². The van der Waals surface area contributed by atoms with Crippen LogP contribution >= 0.6 is 11.3 Å². The molecule has 0 amide bonds. The maximum Gasteiger partial charge on any atom is 0.0981 e. The fourth-order valence-corrected chi connectivity index (χ4v) is 2.93. The average molecular weight is 227 g/mol. The van der Waals surface area contributed by atoms with E-state index >= 15 is 0 Å². The van der Waals surface area contributed by atoms with E-state index in [1.54, 1.807) is 11.3 Å². The summed E-state index contributed by atoms with van der Waals surface area (Å²) in [4.78, 5) is 2.15. The van der Waals surface area contributed by atoms with Gasteiger partial charge in [-0.15, -0.1) is 0 Å². The fraction of sp³-hybridized carbons (Fsp3) is 0.667. The molecule has 15 heavy (non-hydrogen) atoms. The predicted octanol–water partition coefficient (Wildman–Crippen LogP) is 2.90. The minimum atomic E-state index is -0.395. The molecule has 0 aromatic carbocycles. The van der Waals surface area contributed by atoms with E-state index in [-0.39, 0.29) is 5.54 Å². The standard InChI is InChI=1S/C12H21NOS/c1-5-12(6-2,13(3)4)11(14)10-7-8-15-9-10/h7-9,11,14H,5-6H2,1-4H3. The van der Waals surface area contributed by atoms with Crippen LogP contribution in [0.3, 0.4) is 0 Å². The molecule has 1 unspecified atom stereocenters. The topological polar surface area (TPSA) is 23.5 Å². The summed E-state index contributed by atoms with van der Waals surface area (Å²) in [6.45, 7) is 4.28. The van der Waals surface area contributed by atoms with Gasteiger partial charge in [0.05, 0.1) is 6.10 Å². The summed E-state index contributed by atoms with van der Waals surface area (Å²) >= 11 is 1.64. The zero-order chi connectivity index (χ0) is 11.5. The van der Waals surface area contributed by atoms with Gasteiger partial charge in [0.25, 0.3) is 0 Å². The SMILES string of the molecule is CCC(CC)(C(O)c1ccsc1)N(C)C. The molecule has 0 spiro atoms. The molecule has 1 rings (SSSR count). The normalized spacial score (nSPS) is 14.5. The molecule has 0 bridgehead atoms. The molecule has 1 atom stereocenters. The van der Waals surface area contributed by atoms with Gasteiger partial charge >= 0.3 is 0 Å². The Morgan fingerprint density at radius 1 is 1.40 bits per heavy atom. The molecule has 0 aliphatic rings. The zero-order valence-corrected chi connectivity index (χ0v) is 10.8. The van der Waals surface area contributed by atoms with Crippen molar-refractivity contribution in [3.63, 3.8) is 0 Å². The van der Waals surface area contributed by atoms with Crippen LogP contribution in [0.25, 0.3) is 0 Å². The summed E-state index contributed by atoms with van der Waals surface area (Å²) < 4.78 is 0. The van der Waals surface area contributed by atoms with Gasteiger partial charge in [-0.3, -0.25) is 0 Å². The van der Waals surface area contributed by atoms with Gasteiger partial charge in [-0.2, -0.15) is 11.3 Å². The first-order valence-corrected chi connectivity index (χ1v) is 6.40. The second kappa shape index (κ2) is 5.10. The highest BCUT2D eigenvalue weighted by Crippen LogP contribution is 2.36. The lowest BCUT2D eigenvalue weighted by Crippen LogP contribution is -2.48. The Hall–Kier alpha value is -0.380. The van der Waals surface area contributed by atoms with Gasteiger partial charge in [0.1, 0.15) is 0 Å². The number of nitrogens with zero attached hydrogens (tertiary/aromatic N) is 1. The molecule has 0 fully saturated rings. The van der Waals surface area contributed by atoms with Gasteiger partial charge in [0.2, 0.25) is 0 Å². The van der Waals surface area contributed by atoms with Crippen LogP contribution < -0.4 is 0 Å². The number of aliphatic hydroxyl groups excluding tert-OH is 1. The van der Waals surface area contributed by atoms with Crippen LogP contribution in [0.4, 0.5) is 0 Å². The van der Waals surface area contributed by atoms with E-state index in [0.29, 0.717) is 0 Å². The quantitative estimate of drug-likeness (QED) is 0.836. The summed E-state index contributed by atoms with van der Waals surface area (Å²) in [5, 5.41) is 14.5. The van der Waals surface area contributed by atoms with Crippen LogP contribution in [0.15, 0.2) is 16.8 Å². The summed E-state index contributed by atoms with van der Waals surface area (Å²) in [5.41, 5.74) is 0.901. The second-order valence-corrected chi connectivity index (χ2v) is 4.94. The third-order valence-corrected chi connectivity index (χ3v) is 4.18. The maximum absolute atomic E-state index is 10.5. The largest absolute Gasteiger partial charge is 0.386 e. The average Bonchev–Trinajstić information content (AvgIpc) is 2.72. The van der Waals surface area contributed by atoms with Gasteiger partial charge in [-0.25, -0.2) is 0 Å². The van der Waals surface area contributed by atoms with E-state index in [2.05, 4.69) is 18.7 Å². The van der Waals surface area contributed by atoms with Crippen molar-refractivity contribution in [3.05, 3.63) is 22.4 Å². The van der Waals surface area contributed by atoms with Crippen LogP contribution in [0.2, 0.25) is 0 Å². The van der Waals surface area contributed by atoms with E-state index in [1.165, 1.54) is 0 Å². The van der Waals surface area contributed by atoms with Crippen molar-refractivity contribution in [3.8, 4) is 0 Å².